The summed E-state index contributed by atoms with van der Waals surface area (Å²) >= 11 is 5.97. The molecule has 98 valence electrons. The minimum Gasteiger partial charge on any atom is -0.478 e. The fourth-order valence-electron chi connectivity index (χ4n) is 1.61. The van der Waals surface area contributed by atoms with Crippen LogP contribution < -0.4 is 5.32 Å². The van der Waals surface area contributed by atoms with Crippen LogP contribution in [0.25, 0.3) is 0 Å². The summed E-state index contributed by atoms with van der Waals surface area (Å²) in [7, 11) is 0. The summed E-state index contributed by atoms with van der Waals surface area (Å²) < 4.78 is 0. The first kappa shape index (κ1) is 13.3. The van der Waals surface area contributed by atoms with Crippen molar-refractivity contribution in [2.45, 2.75) is 6.42 Å². The van der Waals surface area contributed by atoms with Crippen LogP contribution in [0.3, 0.4) is 0 Å². The van der Waals surface area contributed by atoms with E-state index in [2.05, 4.69) is 15.3 Å². The average molecular weight is 278 g/mol. The molecule has 0 aliphatic rings. The van der Waals surface area contributed by atoms with Crippen LogP contribution in [0.15, 0.2) is 36.8 Å². The number of halogens is 1. The van der Waals surface area contributed by atoms with Crippen molar-refractivity contribution >= 4 is 23.4 Å². The molecule has 0 saturated carbocycles. The summed E-state index contributed by atoms with van der Waals surface area (Å²) in [6.45, 7) is 0.611. The van der Waals surface area contributed by atoms with Crippen LogP contribution >= 0.6 is 11.6 Å². The Balaban J connectivity index is 2.00. The van der Waals surface area contributed by atoms with Gasteiger partial charge in [0.1, 0.15) is 5.82 Å². The zero-order valence-electron chi connectivity index (χ0n) is 10.0. The van der Waals surface area contributed by atoms with Crippen molar-refractivity contribution in [1.29, 1.82) is 0 Å². The van der Waals surface area contributed by atoms with Crippen LogP contribution in [0.2, 0.25) is 5.02 Å². The van der Waals surface area contributed by atoms with Gasteiger partial charge in [-0.2, -0.15) is 0 Å². The highest BCUT2D eigenvalue weighted by molar-refractivity contribution is 6.35. The second-order valence-electron chi connectivity index (χ2n) is 3.86. The van der Waals surface area contributed by atoms with E-state index in [-0.39, 0.29) is 10.6 Å². The maximum absolute atomic E-state index is 10.9. The predicted molar refractivity (Wildman–Crippen MR) is 72.6 cm³/mol. The molecule has 0 unspecified atom stereocenters. The molecule has 2 N–H and O–H groups in total. The zero-order valence-corrected chi connectivity index (χ0v) is 10.8. The van der Waals surface area contributed by atoms with Crippen LogP contribution in [0.1, 0.15) is 15.9 Å². The number of rotatable bonds is 5. The summed E-state index contributed by atoms with van der Waals surface area (Å²) in [5, 5.41) is 12.1. The number of pyridine rings is 2. The molecule has 0 saturated heterocycles. The number of hydrogen-bond donors (Lipinski definition) is 2. The van der Waals surface area contributed by atoms with Crippen molar-refractivity contribution in [3.8, 4) is 0 Å². The molecule has 0 aliphatic carbocycles. The maximum Gasteiger partial charge on any atom is 0.337 e. The molecule has 0 aromatic carbocycles. The molecule has 19 heavy (non-hydrogen) atoms. The Bertz CT molecular complexity index is 575. The summed E-state index contributed by atoms with van der Waals surface area (Å²) in [6, 6.07) is 5.22. The third-order valence-corrected chi connectivity index (χ3v) is 2.96. The quantitative estimate of drug-likeness (QED) is 0.878. The zero-order chi connectivity index (χ0) is 13.7. The third kappa shape index (κ3) is 3.42. The number of nitrogens with zero attached hydrogens (tertiary/aromatic N) is 2. The Labute approximate surface area is 115 Å². The van der Waals surface area contributed by atoms with E-state index < -0.39 is 5.97 Å². The molecule has 2 aromatic rings. The van der Waals surface area contributed by atoms with Gasteiger partial charge in [0.25, 0.3) is 0 Å². The molecule has 0 bridgehead atoms. The van der Waals surface area contributed by atoms with Crippen molar-refractivity contribution < 1.29 is 9.90 Å². The summed E-state index contributed by atoms with van der Waals surface area (Å²) in [5.41, 5.74) is 1.18. The monoisotopic (exact) mass is 277 g/mol. The fourth-order valence-corrected chi connectivity index (χ4v) is 1.87. The predicted octanol–water partition coefficient (Wildman–Crippen LogP) is 2.48. The first-order valence-electron chi connectivity index (χ1n) is 5.69. The highest BCUT2D eigenvalue weighted by atomic mass is 35.5. The molecule has 2 aromatic heterocycles. The van der Waals surface area contributed by atoms with E-state index in [9.17, 15) is 4.79 Å². The van der Waals surface area contributed by atoms with Gasteiger partial charge in [-0.05, 0) is 30.2 Å². The Hall–Kier alpha value is -2.14. The van der Waals surface area contributed by atoms with Gasteiger partial charge in [-0.3, -0.25) is 4.98 Å². The van der Waals surface area contributed by atoms with Crippen LogP contribution in [-0.2, 0) is 6.42 Å². The molecule has 0 atom stereocenters. The van der Waals surface area contributed by atoms with Crippen molar-refractivity contribution in [3.05, 3.63) is 52.9 Å². The van der Waals surface area contributed by atoms with E-state index in [1.807, 2.05) is 12.1 Å². The Kier molecular flexibility index (Phi) is 4.30. The van der Waals surface area contributed by atoms with Gasteiger partial charge in [0.15, 0.2) is 0 Å². The van der Waals surface area contributed by atoms with Crippen molar-refractivity contribution in [1.82, 2.24) is 9.97 Å². The Morgan fingerprint density at radius 3 is 2.68 bits per heavy atom. The number of carboxylic acids is 1. The number of nitrogens with one attached hydrogen (secondary N) is 1. The molecule has 0 radical (unpaired) electrons. The SMILES string of the molecule is O=C(O)c1ccnc(NCCc2ccncc2)c1Cl. The van der Waals surface area contributed by atoms with Crippen LogP contribution in [0.4, 0.5) is 5.82 Å². The lowest BCUT2D eigenvalue weighted by Gasteiger charge is -2.08. The van der Waals surface area contributed by atoms with E-state index in [0.29, 0.717) is 12.4 Å². The summed E-state index contributed by atoms with van der Waals surface area (Å²) in [5.74, 6) is -0.680. The van der Waals surface area contributed by atoms with E-state index in [1.54, 1.807) is 12.4 Å². The van der Waals surface area contributed by atoms with Gasteiger partial charge in [-0.15, -0.1) is 0 Å². The van der Waals surface area contributed by atoms with E-state index in [1.165, 1.54) is 12.3 Å². The average Bonchev–Trinajstić information content (AvgIpc) is 2.41. The molecule has 2 heterocycles. The number of carbonyl (C=O) groups is 1. The fraction of sp³-hybridized carbons (Fsp3) is 0.154. The Morgan fingerprint density at radius 1 is 1.26 bits per heavy atom. The van der Waals surface area contributed by atoms with Gasteiger partial charge < -0.3 is 10.4 Å². The molecular weight excluding hydrogens is 266 g/mol. The first-order valence-corrected chi connectivity index (χ1v) is 6.07. The lowest BCUT2D eigenvalue weighted by atomic mass is 10.2. The number of carboxylic acid groups (broad SMARTS) is 1. The minimum absolute atomic E-state index is 0.0445. The smallest absolute Gasteiger partial charge is 0.337 e. The van der Waals surface area contributed by atoms with Gasteiger partial charge in [-0.25, -0.2) is 9.78 Å². The van der Waals surface area contributed by atoms with E-state index >= 15 is 0 Å². The van der Waals surface area contributed by atoms with Gasteiger partial charge in [-0.1, -0.05) is 11.6 Å². The molecule has 0 fully saturated rings. The van der Waals surface area contributed by atoms with Crippen LogP contribution in [-0.4, -0.2) is 27.6 Å². The van der Waals surface area contributed by atoms with Gasteiger partial charge in [0.05, 0.1) is 10.6 Å². The molecule has 6 heteroatoms. The second-order valence-corrected chi connectivity index (χ2v) is 4.24. The molecule has 5 nitrogen and oxygen atoms in total. The van der Waals surface area contributed by atoms with Gasteiger partial charge in [0, 0.05) is 25.1 Å². The lowest BCUT2D eigenvalue weighted by molar-refractivity contribution is 0.0697. The number of aromatic carboxylic acids is 1. The summed E-state index contributed by atoms with van der Waals surface area (Å²) in [6.07, 6.45) is 5.65. The van der Waals surface area contributed by atoms with Gasteiger partial charge in [0.2, 0.25) is 0 Å². The number of hydrogen-bond acceptors (Lipinski definition) is 4. The highest BCUT2D eigenvalue weighted by Crippen LogP contribution is 2.23. The minimum atomic E-state index is -1.07. The number of anilines is 1. The normalized spacial score (nSPS) is 10.2. The standard InChI is InChI=1S/C13H12ClN3O2/c14-11-10(13(18)19)4-8-17-12(11)16-7-3-9-1-5-15-6-2-9/h1-2,4-6,8H,3,7H2,(H,16,17)(H,18,19). The van der Waals surface area contributed by atoms with Gasteiger partial charge >= 0.3 is 5.97 Å². The Morgan fingerprint density at radius 2 is 2.00 bits per heavy atom. The maximum atomic E-state index is 10.9. The van der Waals surface area contributed by atoms with Crippen LogP contribution in [0.5, 0.6) is 0 Å². The van der Waals surface area contributed by atoms with E-state index in [4.69, 9.17) is 16.7 Å². The molecule has 0 amide bonds. The van der Waals surface area contributed by atoms with Crippen LogP contribution in [0, 0.1) is 0 Å². The molecular formula is C13H12ClN3O2. The number of aromatic nitrogens is 2. The second kappa shape index (κ2) is 6.15. The van der Waals surface area contributed by atoms with E-state index in [0.717, 1.165) is 12.0 Å². The molecule has 0 spiro atoms. The highest BCUT2D eigenvalue weighted by Gasteiger charge is 2.12. The summed E-state index contributed by atoms with van der Waals surface area (Å²) in [4.78, 5) is 18.9. The molecule has 2 rings (SSSR count). The van der Waals surface area contributed by atoms with Crippen molar-refractivity contribution in [2.75, 3.05) is 11.9 Å². The van der Waals surface area contributed by atoms with Crippen molar-refractivity contribution in [3.63, 3.8) is 0 Å². The molecule has 0 aliphatic heterocycles. The van der Waals surface area contributed by atoms with Crippen molar-refractivity contribution in [2.24, 2.45) is 0 Å². The topological polar surface area (TPSA) is 75.1 Å². The third-order valence-electron chi connectivity index (χ3n) is 2.58. The first-order chi connectivity index (χ1) is 9.18. The lowest BCUT2D eigenvalue weighted by Crippen LogP contribution is -2.09. The largest absolute Gasteiger partial charge is 0.478 e.